The van der Waals surface area contributed by atoms with Crippen LogP contribution in [0.3, 0.4) is 0 Å². The first-order valence-corrected chi connectivity index (χ1v) is 6.01. The van der Waals surface area contributed by atoms with E-state index in [4.69, 9.17) is 11.6 Å². The first kappa shape index (κ1) is 12.8. The fourth-order valence-corrected chi connectivity index (χ4v) is 1.94. The Morgan fingerprint density at radius 2 is 1.72 bits per heavy atom. The van der Waals surface area contributed by atoms with Crippen LogP contribution in [0.5, 0.6) is 0 Å². The lowest BCUT2D eigenvalue weighted by molar-refractivity contribution is 0.0747. The number of carbonyl (C=O) groups excluding carboxylic acids is 1. The summed E-state index contributed by atoms with van der Waals surface area (Å²) in [6.45, 7) is 1.95. The van der Waals surface area contributed by atoms with Gasteiger partial charge in [-0.1, -0.05) is 53.6 Å². The maximum Gasteiger partial charge on any atom is 0.197 e. The van der Waals surface area contributed by atoms with Crippen LogP contribution >= 0.6 is 11.6 Å². The average Bonchev–Trinajstić information content (AvgIpc) is 2.38. The van der Waals surface area contributed by atoms with Crippen LogP contribution in [0.4, 0.5) is 0 Å². The van der Waals surface area contributed by atoms with Crippen LogP contribution in [0.25, 0.3) is 0 Å². The van der Waals surface area contributed by atoms with Gasteiger partial charge in [-0.3, -0.25) is 4.79 Å². The maximum atomic E-state index is 12.1. The highest BCUT2D eigenvalue weighted by Gasteiger charge is 2.20. The van der Waals surface area contributed by atoms with E-state index in [1.807, 2.05) is 19.1 Å². The topological polar surface area (TPSA) is 37.3 Å². The third-order valence-corrected chi connectivity index (χ3v) is 3.11. The third-order valence-electron chi connectivity index (χ3n) is 2.78. The largest absolute Gasteiger partial charge is 0.380 e. The Morgan fingerprint density at radius 1 is 1.11 bits per heavy atom. The van der Waals surface area contributed by atoms with Gasteiger partial charge in [-0.25, -0.2) is 0 Å². The minimum Gasteiger partial charge on any atom is -0.380 e. The highest BCUT2D eigenvalue weighted by atomic mass is 35.5. The SMILES string of the molecule is Cc1ccc(C(O)C(=O)c2ccccc2Cl)cc1. The summed E-state index contributed by atoms with van der Waals surface area (Å²) in [5, 5.41) is 10.4. The maximum absolute atomic E-state index is 12.1. The number of hydrogen-bond donors (Lipinski definition) is 1. The van der Waals surface area contributed by atoms with Crippen LogP contribution in [0, 0.1) is 6.92 Å². The summed E-state index contributed by atoms with van der Waals surface area (Å²) in [5.74, 6) is -0.385. The van der Waals surface area contributed by atoms with Gasteiger partial charge in [0, 0.05) is 5.56 Å². The van der Waals surface area contributed by atoms with Crippen molar-refractivity contribution < 1.29 is 9.90 Å². The van der Waals surface area contributed by atoms with Crippen molar-refractivity contribution >= 4 is 17.4 Å². The van der Waals surface area contributed by atoms with Crippen LogP contribution < -0.4 is 0 Å². The van der Waals surface area contributed by atoms with E-state index in [0.29, 0.717) is 16.1 Å². The quantitative estimate of drug-likeness (QED) is 0.857. The Labute approximate surface area is 111 Å². The van der Waals surface area contributed by atoms with E-state index in [-0.39, 0.29) is 5.78 Å². The van der Waals surface area contributed by atoms with Gasteiger partial charge in [-0.2, -0.15) is 0 Å². The number of benzene rings is 2. The highest BCUT2D eigenvalue weighted by Crippen LogP contribution is 2.23. The van der Waals surface area contributed by atoms with E-state index in [0.717, 1.165) is 5.56 Å². The predicted molar refractivity (Wildman–Crippen MR) is 71.9 cm³/mol. The van der Waals surface area contributed by atoms with E-state index >= 15 is 0 Å². The van der Waals surface area contributed by atoms with Crippen LogP contribution in [0.1, 0.15) is 27.6 Å². The molecule has 0 aliphatic rings. The number of carbonyl (C=O) groups is 1. The second-order valence-electron chi connectivity index (χ2n) is 4.16. The number of aliphatic hydroxyl groups excluding tert-OH is 1. The van der Waals surface area contributed by atoms with E-state index in [1.54, 1.807) is 36.4 Å². The molecule has 0 spiro atoms. The zero-order valence-corrected chi connectivity index (χ0v) is 10.7. The van der Waals surface area contributed by atoms with Crippen molar-refractivity contribution in [1.29, 1.82) is 0 Å². The summed E-state index contributed by atoms with van der Waals surface area (Å²) in [4.78, 5) is 12.1. The summed E-state index contributed by atoms with van der Waals surface area (Å²) in [7, 11) is 0. The zero-order chi connectivity index (χ0) is 13.1. The molecule has 0 heterocycles. The molecule has 0 aliphatic carbocycles. The molecule has 1 atom stereocenters. The summed E-state index contributed by atoms with van der Waals surface area (Å²) in [5.41, 5.74) is 1.99. The summed E-state index contributed by atoms with van der Waals surface area (Å²) < 4.78 is 0. The smallest absolute Gasteiger partial charge is 0.197 e. The van der Waals surface area contributed by atoms with Gasteiger partial charge < -0.3 is 5.11 Å². The van der Waals surface area contributed by atoms with E-state index < -0.39 is 6.10 Å². The van der Waals surface area contributed by atoms with Gasteiger partial charge in [0.1, 0.15) is 6.10 Å². The van der Waals surface area contributed by atoms with Crippen LogP contribution in [-0.2, 0) is 0 Å². The molecule has 0 amide bonds. The summed E-state index contributed by atoms with van der Waals surface area (Å²) >= 11 is 5.94. The van der Waals surface area contributed by atoms with Gasteiger partial charge >= 0.3 is 0 Å². The number of aliphatic hydroxyl groups is 1. The second kappa shape index (κ2) is 5.34. The van der Waals surface area contributed by atoms with Gasteiger partial charge in [-0.15, -0.1) is 0 Å². The highest BCUT2D eigenvalue weighted by molar-refractivity contribution is 6.34. The summed E-state index contributed by atoms with van der Waals surface area (Å²) in [6.07, 6.45) is -1.18. The van der Waals surface area contributed by atoms with Gasteiger partial charge in [0.15, 0.2) is 5.78 Å². The van der Waals surface area contributed by atoms with Crippen molar-refractivity contribution in [2.45, 2.75) is 13.0 Å². The molecular weight excluding hydrogens is 248 g/mol. The molecule has 1 N–H and O–H groups in total. The Balaban J connectivity index is 2.29. The lowest BCUT2D eigenvalue weighted by Gasteiger charge is -2.11. The molecular formula is C15H13ClO2. The third kappa shape index (κ3) is 2.61. The van der Waals surface area contributed by atoms with Gasteiger partial charge in [0.2, 0.25) is 0 Å². The van der Waals surface area contributed by atoms with E-state index in [1.165, 1.54) is 0 Å². The standard InChI is InChI=1S/C15H13ClO2/c1-10-6-8-11(9-7-10)14(17)15(18)12-4-2-3-5-13(12)16/h2-9,14,17H,1H3. The number of Topliss-reactive ketones (excluding diaryl/α,β-unsaturated/α-hetero) is 1. The van der Waals surface area contributed by atoms with Crippen molar-refractivity contribution in [2.75, 3.05) is 0 Å². The Hall–Kier alpha value is -1.64. The van der Waals surface area contributed by atoms with Crippen molar-refractivity contribution in [3.8, 4) is 0 Å². The second-order valence-corrected chi connectivity index (χ2v) is 4.56. The van der Waals surface area contributed by atoms with Crippen LogP contribution in [0.2, 0.25) is 5.02 Å². The van der Waals surface area contributed by atoms with Crippen LogP contribution in [-0.4, -0.2) is 10.9 Å². The molecule has 1 unspecified atom stereocenters. The molecule has 0 fully saturated rings. The first-order valence-electron chi connectivity index (χ1n) is 5.63. The van der Waals surface area contributed by atoms with Crippen molar-refractivity contribution in [3.63, 3.8) is 0 Å². The molecule has 2 rings (SSSR count). The Bertz CT molecular complexity index is 561. The summed E-state index contributed by atoms with van der Waals surface area (Å²) in [6, 6.07) is 13.9. The van der Waals surface area contributed by atoms with Crippen molar-refractivity contribution in [2.24, 2.45) is 0 Å². The minimum atomic E-state index is -1.18. The molecule has 0 aromatic heterocycles. The average molecular weight is 261 g/mol. The molecule has 3 heteroatoms. The molecule has 2 aromatic rings. The normalized spacial score (nSPS) is 12.2. The van der Waals surface area contributed by atoms with E-state index in [9.17, 15) is 9.90 Å². The minimum absolute atomic E-state index is 0.340. The molecule has 0 aliphatic heterocycles. The van der Waals surface area contributed by atoms with Crippen molar-refractivity contribution in [3.05, 3.63) is 70.2 Å². The monoisotopic (exact) mass is 260 g/mol. The lowest BCUT2D eigenvalue weighted by atomic mass is 9.99. The van der Waals surface area contributed by atoms with Gasteiger partial charge in [0.25, 0.3) is 0 Å². The molecule has 0 saturated carbocycles. The van der Waals surface area contributed by atoms with E-state index in [2.05, 4.69) is 0 Å². The molecule has 0 bridgehead atoms. The Kier molecular flexibility index (Phi) is 3.80. The van der Waals surface area contributed by atoms with Gasteiger partial charge in [-0.05, 0) is 24.6 Å². The molecule has 0 saturated heterocycles. The molecule has 2 aromatic carbocycles. The lowest BCUT2D eigenvalue weighted by Crippen LogP contribution is -2.12. The van der Waals surface area contributed by atoms with Gasteiger partial charge in [0.05, 0.1) is 5.02 Å². The number of hydrogen-bond acceptors (Lipinski definition) is 2. The number of ketones is 1. The molecule has 0 radical (unpaired) electrons. The number of rotatable bonds is 3. The predicted octanol–water partition coefficient (Wildman–Crippen LogP) is 3.56. The first-order chi connectivity index (χ1) is 8.59. The molecule has 2 nitrogen and oxygen atoms in total. The molecule has 18 heavy (non-hydrogen) atoms. The number of halogens is 1. The Morgan fingerprint density at radius 3 is 2.33 bits per heavy atom. The molecule has 92 valence electrons. The number of aryl methyl sites for hydroxylation is 1. The zero-order valence-electron chi connectivity index (χ0n) is 9.93. The fourth-order valence-electron chi connectivity index (χ4n) is 1.71. The van der Waals surface area contributed by atoms with Crippen molar-refractivity contribution in [1.82, 2.24) is 0 Å². The van der Waals surface area contributed by atoms with Crippen LogP contribution in [0.15, 0.2) is 48.5 Å². The fraction of sp³-hybridized carbons (Fsp3) is 0.133.